The molecule has 2 rings (SSSR count). The summed E-state index contributed by atoms with van der Waals surface area (Å²) < 4.78 is 15.4. The van der Waals surface area contributed by atoms with Crippen molar-refractivity contribution < 1.29 is 4.39 Å². The Labute approximate surface area is 114 Å². The molecule has 0 unspecified atom stereocenters. The standard InChI is InChI=1S/C13H15BrFN3/c1-10-7-17-18(9-10)5-4-16-8-11-2-3-13(15)12(14)6-11/h2-3,6-7,9,16H,4-5,8H2,1H3. The zero-order valence-electron chi connectivity index (χ0n) is 10.2. The van der Waals surface area contributed by atoms with E-state index in [9.17, 15) is 4.39 Å². The Morgan fingerprint density at radius 1 is 1.44 bits per heavy atom. The molecular weight excluding hydrogens is 297 g/mol. The maximum absolute atomic E-state index is 13.0. The molecule has 3 nitrogen and oxygen atoms in total. The second-order valence-electron chi connectivity index (χ2n) is 4.21. The van der Waals surface area contributed by atoms with Gasteiger partial charge in [0.15, 0.2) is 0 Å². The van der Waals surface area contributed by atoms with E-state index < -0.39 is 0 Å². The van der Waals surface area contributed by atoms with Crippen LogP contribution in [-0.2, 0) is 13.1 Å². The van der Waals surface area contributed by atoms with Gasteiger partial charge >= 0.3 is 0 Å². The molecule has 18 heavy (non-hydrogen) atoms. The molecule has 0 bridgehead atoms. The number of aryl methyl sites for hydroxylation is 1. The van der Waals surface area contributed by atoms with E-state index in [0.717, 1.165) is 30.8 Å². The first-order chi connectivity index (χ1) is 8.65. The highest BCUT2D eigenvalue weighted by atomic mass is 79.9. The van der Waals surface area contributed by atoms with Crippen LogP contribution in [-0.4, -0.2) is 16.3 Å². The van der Waals surface area contributed by atoms with Crippen LogP contribution in [0.4, 0.5) is 4.39 Å². The van der Waals surface area contributed by atoms with Gasteiger partial charge in [-0.25, -0.2) is 4.39 Å². The Morgan fingerprint density at radius 2 is 2.28 bits per heavy atom. The van der Waals surface area contributed by atoms with E-state index in [1.165, 1.54) is 6.07 Å². The molecule has 5 heteroatoms. The summed E-state index contributed by atoms with van der Waals surface area (Å²) in [5, 5.41) is 7.51. The van der Waals surface area contributed by atoms with E-state index in [-0.39, 0.29) is 5.82 Å². The van der Waals surface area contributed by atoms with E-state index in [2.05, 4.69) is 26.3 Å². The number of aromatic nitrogens is 2. The van der Waals surface area contributed by atoms with Gasteiger partial charge in [-0.05, 0) is 46.1 Å². The topological polar surface area (TPSA) is 29.9 Å². The molecule has 0 radical (unpaired) electrons. The minimum absolute atomic E-state index is 0.231. The van der Waals surface area contributed by atoms with E-state index >= 15 is 0 Å². The van der Waals surface area contributed by atoms with E-state index in [1.807, 2.05) is 24.0 Å². The fraction of sp³-hybridized carbons (Fsp3) is 0.308. The van der Waals surface area contributed by atoms with Crippen LogP contribution in [0.2, 0.25) is 0 Å². The number of rotatable bonds is 5. The number of benzene rings is 1. The summed E-state index contributed by atoms with van der Waals surface area (Å²) in [7, 11) is 0. The van der Waals surface area contributed by atoms with Gasteiger partial charge in [0.25, 0.3) is 0 Å². The molecule has 0 aliphatic heterocycles. The Hall–Kier alpha value is -1.20. The summed E-state index contributed by atoms with van der Waals surface area (Å²) in [6, 6.07) is 5.05. The van der Waals surface area contributed by atoms with Gasteiger partial charge in [-0.1, -0.05) is 6.07 Å². The second kappa shape index (κ2) is 6.11. The number of nitrogens with zero attached hydrogens (tertiary/aromatic N) is 2. The lowest BCUT2D eigenvalue weighted by molar-refractivity contribution is 0.554. The minimum atomic E-state index is -0.231. The fourth-order valence-electron chi connectivity index (χ4n) is 1.67. The van der Waals surface area contributed by atoms with Gasteiger partial charge in [0.1, 0.15) is 5.82 Å². The molecule has 0 amide bonds. The highest BCUT2D eigenvalue weighted by Crippen LogP contribution is 2.16. The molecule has 1 aromatic heterocycles. The average molecular weight is 312 g/mol. The predicted octanol–water partition coefficient (Wildman–Crippen LogP) is 2.88. The summed E-state index contributed by atoms with van der Waals surface area (Å²) in [6.45, 7) is 4.40. The molecule has 0 aliphatic carbocycles. The number of hydrogen-bond acceptors (Lipinski definition) is 2. The third kappa shape index (κ3) is 3.65. The van der Waals surface area contributed by atoms with Crippen LogP contribution in [0, 0.1) is 12.7 Å². The SMILES string of the molecule is Cc1cnn(CCNCc2ccc(F)c(Br)c2)c1. The lowest BCUT2D eigenvalue weighted by Crippen LogP contribution is -2.19. The number of nitrogens with one attached hydrogen (secondary N) is 1. The third-order valence-corrected chi connectivity index (χ3v) is 3.20. The normalized spacial score (nSPS) is 10.8. The quantitative estimate of drug-likeness (QED) is 0.861. The lowest BCUT2D eigenvalue weighted by Gasteiger charge is -2.06. The molecule has 1 aromatic carbocycles. The smallest absolute Gasteiger partial charge is 0.137 e. The van der Waals surface area contributed by atoms with Crippen molar-refractivity contribution in [3.8, 4) is 0 Å². The summed E-state index contributed by atoms with van der Waals surface area (Å²) in [5.74, 6) is -0.231. The molecule has 1 heterocycles. The van der Waals surface area contributed by atoms with Crippen molar-refractivity contribution in [2.75, 3.05) is 6.54 Å². The van der Waals surface area contributed by atoms with E-state index in [4.69, 9.17) is 0 Å². The fourth-order valence-corrected chi connectivity index (χ4v) is 2.09. The van der Waals surface area contributed by atoms with Crippen molar-refractivity contribution in [2.45, 2.75) is 20.0 Å². The highest BCUT2D eigenvalue weighted by Gasteiger charge is 2.00. The first-order valence-electron chi connectivity index (χ1n) is 5.79. The Kier molecular flexibility index (Phi) is 4.49. The Morgan fingerprint density at radius 3 is 2.94 bits per heavy atom. The number of halogens is 2. The molecule has 0 saturated heterocycles. The molecule has 0 aliphatic rings. The lowest BCUT2D eigenvalue weighted by atomic mass is 10.2. The van der Waals surface area contributed by atoms with Crippen LogP contribution < -0.4 is 5.32 Å². The first-order valence-corrected chi connectivity index (χ1v) is 6.58. The van der Waals surface area contributed by atoms with E-state index in [1.54, 1.807) is 12.1 Å². The van der Waals surface area contributed by atoms with E-state index in [0.29, 0.717) is 4.47 Å². The largest absolute Gasteiger partial charge is 0.311 e. The van der Waals surface area contributed by atoms with Crippen LogP contribution in [0.3, 0.4) is 0 Å². The molecule has 1 N–H and O–H groups in total. The zero-order chi connectivity index (χ0) is 13.0. The van der Waals surface area contributed by atoms with Crippen molar-refractivity contribution in [1.82, 2.24) is 15.1 Å². The van der Waals surface area contributed by atoms with Gasteiger partial charge in [0.2, 0.25) is 0 Å². The molecule has 2 aromatic rings. The Balaban J connectivity index is 1.76. The van der Waals surface area contributed by atoms with Gasteiger partial charge in [0, 0.05) is 19.3 Å². The molecule has 0 spiro atoms. The molecular formula is C13H15BrFN3. The molecule has 96 valence electrons. The van der Waals surface area contributed by atoms with Crippen molar-refractivity contribution in [3.63, 3.8) is 0 Å². The highest BCUT2D eigenvalue weighted by molar-refractivity contribution is 9.10. The maximum atomic E-state index is 13.0. The van der Waals surface area contributed by atoms with Gasteiger partial charge in [-0.15, -0.1) is 0 Å². The predicted molar refractivity (Wildman–Crippen MR) is 72.8 cm³/mol. The maximum Gasteiger partial charge on any atom is 0.137 e. The summed E-state index contributed by atoms with van der Waals surface area (Å²) in [6.07, 6.45) is 3.85. The third-order valence-electron chi connectivity index (χ3n) is 2.59. The first kappa shape index (κ1) is 13.2. The van der Waals surface area contributed by atoms with Crippen LogP contribution in [0.25, 0.3) is 0 Å². The van der Waals surface area contributed by atoms with Gasteiger partial charge in [-0.3, -0.25) is 4.68 Å². The summed E-state index contributed by atoms with van der Waals surface area (Å²) >= 11 is 3.18. The van der Waals surface area contributed by atoms with Gasteiger partial charge in [0.05, 0.1) is 17.2 Å². The van der Waals surface area contributed by atoms with Crippen LogP contribution in [0.1, 0.15) is 11.1 Å². The minimum Gasteiger partial charge on any atom is -0.311 e. The zero-order valence-corrected chi connectivity index (χ0v) is 11.7. The molecule has 0 atom stereocenters. The molecule has 0 fully saturated rings. The van der Waals surface area contributed by atoms with Crippen LogP contribution in [0.15, 0.2) is 35.1 Å². The van der Waals surface area contributed by atoms with Crippen molar-refractivity contribution >= 4 is 15.9 Å². The summed E-state index contributed by atoms with van der Waals surface area (Å²) in [5.41, 5.74) is 2.22. The second-order valence-corrected chi connectivity index (χ2v) is 5.06. The Bertz CT molecular complexity index is 525. The van der Waals surface area contributed by atoms with Crippen molar-refractivity contribution in [2.24, 2.45) is 0 Å². The average Bonchev–Trinajstić information content (AvgIpc) is 2.75. The van der Waals surface area contributed by atoms with Crippen LogP contribution in [0.5, 0.6) is 0 Å². The van der Waals surface area contributed by atoms with Crippen molar-refractivity contribution in [1.29, 1.82) is 0 Å². The monoisotopic (exact) mass is 311 g/mol. The van der Waals surface area contributed by atoms with Crippen LogP contribution >= 0.6 is 15.9 Å². The van der Waals surface area contributed by atoms with Crippen molar-refractivity contribution in [3.05, 3.63) is 52.0 Å². The number of hydrogen-bond donors (Lipinski definition) is 1. The summed E-state index contributed by atoms with van der Waals surface area (Å²) in [4.78, 5) is 0. The molecule has 0 saturated carbocycles. The van der Waals surface area contributed by atoms with Gasteiger partial charge < -0.3 is 5.32 Å². The van der Waals surface area contributed by atoms with Gasteiger partial charge in [-0.2, -0.15) is 5.10 Å².